The fourth-order valence-corrected chi connectivity index (χ4v) is 5.30. The number of fused-ring (bicyclic) bond motifs is 1. The van der Waals surface area contributed by atoms with E-state index in [-0.39, 0.29) is 12.2 Å². The van der Waals surface area contributed by atoms with Crippen molar-refractivity contribution < 1.29 is 19.0 Å². The van der Waals surface area contributed by atoms with E-state index >= 15 is 0 Å². The lowest BCUT2D eigenvalue weighted by Gasteiger charge is -2.25. The Kier molecular flexibility index (Phi) is 7.42. The standard InChI is InChI=1S/C26H25ClN2O5S/c1-5-33-20-12-11-16(13-18(20)27)14-21-24(30)29-23(17-9-7-8-10-19(17)32-4)22(25(31)34-6-2)15(3)28-26(29)35-21/h7-14,23H,5-6H2,1-4H3/b21-14-/t23-/m0/s1. The Morgan fingerprint density at radius 1 is 1.17 bits per heavy atom. The van der Waals surface area contributed by atoms with Gasteiger partial charge in [-0.2, -0.15) is 0 Å². The molecule has 0 saturated carbocycles. The van der Waals surface area contributed by atoms with E-state index in [2.05, 4.69) is 4.99 Å². The van der Waals surface area contributed by atoms with E-state index in [9.17, 15) is 9.59 Å². The Morgan fingerprint density at radius 3 is 2.63 bits per heavy atom. The van der Waals surface area contributed by atoms with Gasteiger partial charge in [0.2, 0.25) is 0 Å². The van der Waals surface area contributed by atoms with E-state index in [0.717, 1.165) is 5.56 Å². The number of benzene rings is 2. The number of ether oxygens (including phenoxy) is 3. The molecule has 1 aromatic heterocycles. The highest BCUT2D eigenvalue weighted by atomic mass is 35.5. The number of methoxy groups -OCH3 is 1. The Hall–Kier alpha value is -3.36. The van der Waals surface area contributed by atoms with E-state index in [1.165, 1.54) is 15.9 Å². The summed E-state index contributed by atoms with van der Waals surface area (Å²) in [4.78, 5) is 31.8. The van der Waals surface area contributed by atoms with Gasteiger partial charge in [-0.25, -0.2) is 9.79 Å². The molecule has 1 aliphatic rings. The molecule has 182 valence electrons. The predicted molar refractivity (Wildman–Crippen MR) is 136 cm³/mol. The minimum absolute atomic E-state index is 0.206. The van der Waals surface area contributed by atoms with Gasteiger partial charge in [-0.15, -0.1) is 0 Å². The van der Waals surface area contributed by atoms with Gasteiger partial charge in [0.05, 0.1) is 41.1 Å². The lowest BCUT2D eigenvalue weighted by atomic mass is 9.95. The number of esters is 1. The molecule has 0 radical (unpaired) electrons. The predicted octanol–water partition coefficient (Wildman–Crippen LogP) is 3.86. The summed E-state index contributed by atoms with van der Waals surface area (Å²) in [6.07, 6.45) is 1.76. The highest BCUT2D eigenvalue weighted by molar-refractivity contribution is 7.07. The molecule has 1 atom stereocenters. The molecule has 0 bridgehead atoms. The molecular formula is C26H25ClN2O5S. The molecule has 0 N–H and O–H groups in total. The Bertz CT molecular complexity index is 1490. The molecule has 7 nitrogen and oxygen atoms in total. The maximum Gasteiger partial charge on any atom is 0.338 e. The van der Waals surface area contributed by atoms with E-state index in [1.54, 1.807) is 45.2 Å². The van der Waals surface area contributed by atoms with Gasteiger partial charge in [-0.3, -0.25) is 9.36 Å². The number of hydrogen-bond donors (Lipinski definition) is 0. The van der Waals surface area contributed by atoms with Crippen LogP contribution >= 0.6 is 22.9 Å². The molecule has 3 aromatic rings. The number of carbonyl (C=O) groups excluding carboxylic acids is 1. The lowest BCUT2D eigenvalue weighted by molar-refractivity contribution is -0.139. The third-order valence-electron chi connectivity index (χ3n) is 5.50. The van der Waals surface area contributed by atoms with Crippen LogP contribution in [0.4, 0.5) is 0 Å². The van der Waals surface area contributed by atoms with Crippen molar-refractivity contribution in [3.8, 4) is 11.5 Å². The number of hydrogen-bond acceptors (Lipinski definition) is 7. The summed E-state index contributed by atoms with van der Waals surface area (Å²) in [7, 11) is 1.55. The molecule has 0 aliphatic carbocycles. The van der Waals surface area contributed by atoms with E-state index in [1.807, 2.05) is 31.2 Å². The molecule has 0 fully saturated rings. The van der Waals surface area contributed by atoms with Crippen molar-refractivity contribution in [3.05, 3.63) is 89.6 Å². The van der Waals surface area contributed by atoms with Crippen molar-refractivity contribution in [1.29, 1.82) is 0 Å². The SMILES string of the molecule is CCOC(=O)C1=C(C)N=c2s/c(=C\c3ccc(OCC)c(Cl)c3)c(=O)n2[C@H]1c1ccccc1OC. The topological polar surface area (TPSA) is 79.1 Å². The monoisotopic (exact) mass is 512 g/mol. The lowest BCUT2D eigenvalue weighted by Crippen LogP contribution is -2.40. The van der Waals surface area contributed by atoms with Crippen LogP contribution in [0.2, 0.25) is 5.02 Å². The maximum absolute atomic E-state index is 13.7. The van der Waals surface area contributed by atoms with Crippen LogP contribution in [0.1, 0.15) is 37.9 Å². The zero-order chi connectivity index (χ0) is 25.1. The van der Waals surface area contributed by atoms with Gasteiger partial charge in [0.1, 0.15) is 17.5 Å². The molecule has 0 amide bonds. The minimum Gasteiger partial charge on any atom is -0.496 e. The fraction of sp³-hybridized carbons (Fsp3) is 0.269. The number of halogens is 1. The summed E-state index contributed by atoms with van der Waals surface area (Å²) in [5.41, 5.74) is 1.95. The molecular weight excluding hydrogens is 488 g/mol. The molecule has 2 aromatic carbocycles. The molecule has 2 heterocycles. The fourth-order valence-electron chi connectivity index (χ4n) is 4.01. The van der Waals surface area contributed by atoms with Gasteiger partial charge in [0.25, 0.3) is 5.56 Å². The number of nitrogens with zero attached hydrogens (tertiary/aromatic N) is 2. The minimum atomic E-state index is -0.743. The first-order valence-electron chi connectivity index (χ1n) is 11.1. The average Bonchev–Trinajstić information content (AvgIpc) is 3.14. The van der Waals surface area contributed by atoms with Crippen molar-refractivity contribution in [1.82, 2.24) is 4.57 Å². The van der Waals surface area contributed by atoms with Crippen LogP contribution < -0.4 is 24.4 Å². The average molecular weight is 513 g/mol. The highest BCUT2D eigenvalue weighted by Crippen LogP contribution is 2.35. The molecule has 0 saturated heterocycles. The molecule has 35 heavy (non-hydrogen) atoms. The van der Waals surface area contributed by atoms with Crippen molar-refractivity contribution in [2.45, 2.75) is 26.8 Å². The van der Waals surface area contributed by atoms with Gasteiger partial charge in [0, 0.05) is 5.56 Å². The molecule has 1 aliphatic heterocycles. The number of para-hydroxylation sites is 1. The second-order valence-electron chi connectivity index (χ2n) is 7.67. The smallest absolute Gasteiger partial charge is 0.338 e. The van der Waals surface area contributed by atoms with Crippen molar-refractivity contribution in [2.24, 2.45) is 4.99 Å². The molecule has 0 unspecified atom stereocenters. The summed E-state index contributed by atoms with van der Waals surface area (Å²) in [5, 5.41) is 0.459. The quantitative estimate of drug-likeness (QED) is 0.449. The van der Waals surface area contributed by atoms with Crippen LogP contribution in [0.3, 0.4) is 0 Å². The number of aromatic nitrogens is 1. The Balaban J connectivity index is 1.93. The third-order valence-corrected chi connectivity index (χ3v) is 6.78. The van der Waals surface area contributed by atoms with Crippen molar-refractivity contribution in [3.63, 3.8) is 0 Å². The molecule has 4 rings (SSSR count). The van der Waals surface area contributed by atoms with Gasteiger partial charge in [0.15, 0.2) is 4.80 Å². The summed E-state index contributed by atoms with van der Waals surface area (Å²) in [6.45, 7) is 6.08. The van der Waals surface area contributed by atoms with Gasteiger partial charge >= 0.3 is 5.97 Å². The second kappa shape index (κ2) is 10.5. The van der Waals surface area contributed by atoms with E-state index in [4.69, 9.17) is 25.8 Å². The second-order valence-corrected chi connectivity index (χ2v) is 9.08. The van der Waals surface area contributed by atoms with Crippen LogP contribution in [0, 0.1) is 0 Å². The van der Waals surface area contributed by atoms with Gasteiger partial charge in [-0.1, -0.05) is 47.2 Å². The van der Waals surface area contributed by atoms with Crippen LogP contribution in [0.15, 0.2) is 63.5 Å². The first-order valence-corrected chi connectivity index (χ1v) is 12.3. The largest absolute Gasteiger partial charge is 0.496 e. The van der Waals surface area contributed by atoms with E-state index < -0.39 is 12.0 Å². The van der Waals surface area contributed by atoms with Crippen LogP contribution in [-0.2, 0) is 9.53 Å². The van der Waals surface area contributed by atoms with Crippen LogP contribution in [-0.4, -0.2) is 30.9 Å². The normalized spacial score (nSPS) is 15.5. The molecule has 0 spiro atoms. The third kappa shape index (κ3) is 4.76. The summed E-state index contributed by atoms with van der Waals surface area (Å²) in [6, 6.07) is 11.9. The maximum atomic E-state index is 13.7. The van der Waals surface area contributed by atoms with Crippen LogP contribution in [0.25, 0.3) is 6.08 Å². The van der Waals surface area contributed by atoms with Crippen LogP contribution in [0.5, 0.6) is 11.5 Å². The van der Waals surface area contributed by atoms with E-state index in [0.29, 0.717) is 49.3 Å². The van der Waals surface area contributed by atoms with Gasteiger partial charge in [-0.05, 0) is 50.6 Å². The Morgan fingerprint density at radius 2 is 1.94 bits per heavy atom. The number of carbonyl (C=O) groups is 1. The van der Waals surface area contributed by atoms with Gasteiger partial charge < -0.3 is 14.2 Å². The van der Waals surface area contributed by atoms with Crippen molar-refractivity contribution >= 4 is 35.0 Å². The zero-order valence-corrected chi connectivity index (χ0v) is 21.4. The highest BCUT2D eigenvalue weighted by Gasteiger charge is 2.34. The van der Waals surface area contributed by atoms with Crippen molar-refractivity contribution in [2.75, 3.05) is 20.3 Å². The Labute approximate surface area is 211 Å². The number of rotatable bonds is 7. The number of thiazole rings is 1. The first kappa shape index (κ1) is 24.8. The summed E-state index contributed by atoms with van der Waals surface area (Å²) in [5.74, 6) is 0.623. The summed E-state index contributed by atoms with van der Waals surface area (Å²) < 4.78 is 18.4. The first-order chi connectivity index (χ1) is 16.9. The number of allylic oxidation sites excluding steroid dienone is 1. The summed E-state index contributed by atoms with van der Waals surface area (Å²) >= 11 is 7.59. The molecule has 9 heteroatoms. The zero-order valence-electron chi connectivity index (χ0n) is 19.8.